The van der Waals surface area contributed by atoms with Gasteiger partial charge in [0.25, 0.3) is 0 Å². The molecule has 0 radical (unpaired) electrons. The number of carbonyl (C=O) groups is 1. The van der Waals surface area contributed by atoms with E-state index in [0.717, 1.165) is 16.7 Å². The fourth-order valence-corrected chi connectivity index (χ4v) is 1.76. The maximum atomic E-state index is 12.1. The van der Waals surface area contributed by atoms with Crippen LogP contribution in [-0.2, 0) is 6.42 Å². The monoisotopic (exact) mass is 293 g/mol. The van der Waals surface area contributed by atoms with Crippen LogP contribution in [0.25, 0.3) is 0 Å². The molecule has 0 saturated heterocycles. The normalized spacial score (nSPS) is 10.5. The zero-order chi connectivity index (χ0) is 12.4. The maximum Gasteiger partial charge on any atom is 0.228 e. The van der Waals surface area contributed by atoms with Gasteiger partial charge in [0.1, 0.15) is 5.76 Å². The Kier molecular flexibility index (Phi) is 3.33. The number of nitrogens with two attached hydrogens (primary N) is 1. The number of benzene rings is 1. The van der Waals surface area contributed by atoms with E-state index in [1.54, 1.807) is 24.3 Å². The molecule has 2 N–H and O–H groups in total. The summed E-state index contributed by atoms with van der Waals surface area (Å²) in [5, 5.41) is 0. The topological polar surface area (TPSA) is 56.2 Å². The van der Waals surface area contributed by atoms with Gasteiger partial charge in [-0.2, -0.15) is 0 Å². The summed E-state index contributed by atoms with van der Waals surface area (Å²) >= 11 is 3.29. The molecule has 0 fully saturated rings. The molecule has 0 aliphatic heterocycles. The number of anilines is 1. The Bertz CT molecular complexity index is 560. The van der Waals surface area contributed by atoms with Gasteiger partial charge in [-0.05, 0) is 46.3 Å². The predicted molar refractivity (Wildman–Crippen MR) is 70.1 cm³/mol. The fourth-order valence-electron chi connectivity index (χ4n) is 1.52. The van der Waals surface area contributed by atoms with E-state index in [9.17, 15) is 4.79 Å². The van der Waals surface area contributed by atoms with E-state index in [0.29, 0.717) is 17.0 Å². The summed E-state index contributed by atoms with van der Waals surface area (Å²) in [5.41, 5.74) is 6.81. The van der Waals surface area contributed by atoms with Gasteiger partial charge in [-0.1, -0.05) is 6.92 Å². The SMILES string of the molecule is CCc1ccc(C(=O)c2ccc(Br)c(N)c2)o1. The van der Waals surface area contributed by atoms with Gasteiger partial charge in [0.15, 0.2) is 5.76 Å². The highest BCUT2D eigenvalue weighted by Crippen LogP contribution is 2.22. The second-order valence-electron chi connectivity index (χ2n) is 3.68. The average molecular weight is 294 g/mol. The first-order chi connectivity index (χ1) is 8.11. The van der Waals surface area contributed by atoms with Gasteiger partial charge in [0.2, 0.25) is 5.78 Å². The third kappa shape index (κ3) is 2.42. The molecule has 17 heavy (non-hydrogen) atoms. The van der Waals surface area contributed by atoms with Crippen LogP contribution in [0.15, 0.2) is 39.2 Å². The van der Waals surface area contributed by atoms with E-state index in [1.807, 2.05) is 13.0 Å². The minimum atomic E-state index is -0.149. The lowest BCUT2D eigenvalue weighted by Crippen LogP contribution is -2.01. The van der Waals surface area contributed by atoms with Gasteiger partial charge in [0.05, 0.1) is 0 Å². The Morgan fingerprint density at radius 3 is 2.71 bits per heavy atom. The average Bonchev–Trinajstić information content (AvgIpc) is 2.80. The fraction of sp³-hybridized carbons (Fsp3) is 0.154. The first-order valence-electron chi connectivity index (χ1n) is 5.30. The minimum Gasteiger partial charge on any atom is -0.458 e. The Hall–Kier alpha value is -1.55. The van der Waals surface area contributed by atoms with Gasteiger partial charge >= 0.3 is 0 Å². The van der Waals surface area contributed by atoms with Gasteiger partial charge in [0, 0.05) is 22.1 Å². The highest BCUT2D eigenvalue weighted by molar-refractivity contribution is 9.10. The molecule has 4 heteroatoms. The smallest absolute Gasteiger partial charge is 0.228 e. The summed E-state index contributed by atoms with van der Waals surface area (Å²) in [6.45, 7) is 1.98. The standard InChI is InChI=1S/C13H12BrNO2/c1-2-9-4-6-12(17-9)13(16)8-3-5-10(14)11(15)7-8/h3-7H,2,15H2,1H3. The molecule has 1 heterocycles. The van der Waals surface area contributed by atoms with E-state index >= 15 is 0 Å². The molecule has 0 aliphatic carbocycles. The van der Waals surface area contributed by atoms with Gasteiger partial charge in [-0.15, -0.1) is 0 Å². The molecule has 0 unspecified atom stereocenters. The molecule has 0 atom stereocenters. The summed E-state index contributed by atoms with van der Waals surface area (Å²) in [6.07, 6.45) is 0.774. The second kappa shape index (κ2) is 4.75. The van der Waals surface area contributed by atoms with Crippen molar-refractivity contribution in [2.45, 2.75) is 13.3 Å². The first-order valence-corrected chi connectivity index (χ1v) is 6.09. The molecule has 1 aromatic carbocycles. The Labute approximate surface area is 108 Å². The van der Waals surface area contributed by atoms with E-state index in [1.165, 1.54) is 0 Å². The van der Waals surface area contributed by atoms with Crippen LogP contribution in [0.1, 0.15) is 28.8 Å². The van der Waals surface area contributed by atoms with Crippen LogP contribution in [0.3, 0.4) is 0 Å². The summed E-state index contributed by atoms with van der Waals surface area (Å²) in [4.78, 5) is 12.1. The van der Waals surface area contributed by atoms with Crippen molar-refractivity contribution in [1.82, 2.24) is 0 Å². The molecule has 0 bridgehead atoms. The van der Waals surface area contributed by atoms with Gasteiger partial charge in [-0.25, -0.2) is 0 Å². The number of ketones is 1. The number of rotatable bonds is 3. The molecule has 0 amide bonds. The molecule has 2 aromatic rings. The maximum absolute atomic E-state index is 12.1. The Morgan fingerprint density at radius 1 is 1.35 bits per heavy atom. The molecule has 88 valence electrons. The molecule has 1 aromatic heterocycles. The van der Waals surface area contributed by atoms with Crippen LogP contribution >= 0.6 is 15.9 Å². The Balaban J connectivity index is 2.33. The van der Waals surface area contributed by atoms with Crippen molar-refractivity contribution in [3.05, 3.63) is 51.9 Å². The van der Waals surface area contributed by atoms with Crippen LogP contribution in [0.5, 0.6) is 0 Å². The molecular formula is C13H12BrNO2. The quantitative estimate of drug-likeness (QED) is 0.697. The van der Waals surface area contributed by atoms with E-state index in [2.05, 4.69) is 15.9 Å². The van der Waals surface area contributed by atoms with Crippen molar-refractivity contribution >= 4 is 27.4 Å². The summed E-state index contributed by atoms with van der Waals surface area (Å²) in [6, 6.07) is 8.62. The number of hydrogen-bond acceptors (Lipinski definition) is 3. The predicted octanol–water partition coefficient (Wildman–Crippen LogP) is 3.42. The molecule has 3 nitrogen and oxygen atoms in total. The Morgan fingerprint density at radius 2 is 2.12 bits per heavy atom. The van der Waals surface area contributed by atoms with E-state index < -0.39 is 0 Å². The lowest BCUT2D eigenvalue weighted by atomic mass is 10.1. The largest absolute Gasteiger partial charge is 0.458 e. The third-order valence-electron chi connectivity index (χ3n) is 2.49. The molecular weight excluding hydrogens is 282 g/mol. The second-order valence-corrected chi connectivity index (χ2v) is 4.54. The summed E-state index contributed by atoms with van der Waals surface area (Å²) in [7, 11) is 0. The van der Waals surface area contributed by atoms with Crippen LogP contribution < -0.4 is 5.73 Å². The number of halogens is 1. The molecule has 0 aliphatic rings. The van der Waals surface area contributed by atoms with E-state index in [-0.39, 0.29) is 5.78 Å². The minimum absolute atomic E-state index is 0.149. The third-order valence-corrected chi connectivity index (χ3v) is 3.21. The number of hydrogen-bond donors (Lipinski definition) is 1. The lowest BCUT2D eigenvalue weighted by molar-refractivity contribution is 0.101. The zero-order valence-electron chi connectivity index (χ0n) is 9.37. The van der Waals surface area contributed by atoms with Crippen LogP contribution in [0.4, 0.5) is 5.69 Å². The van der Waals surface area contributed by atoms with Gasteiger partial charge in [-0.3, -0.25) is 4.79 Å². The van der Waals surface area contributed by atoms with Crippen LogP contribution in [0, 0.1) is 0 Å². The number of furan rings is 1. The van der Waals surface area contributed by atoms with Crippen molar-refractivity contribution in [3.8, 4) is 0 Å². The first kappa shape index (κ1) is 11.9. The summed E-state index contributed by atoms with van der Waals surface area (Å²) < 4.78 is 6.20. The molecule has 2 rings (SSSR count). The van der Waals surface area contributed by atoms with Crippen molar-refractivity contribution in [3.63, 3.8) is 0 Å². The highest BCUT2D eigenvalue weighted by atomic mass is 79.9. The molecule has 0 saturated carbocycles. The van der Waals surface area contributed by atoms with E-state index in [4.69, 9.17) is 10.2 Å². The number of carbonyl (C=O) groups excluding carboxylic acids is 1. The van der Waals surface area contributed by atoms with Crippen LogP contribution in [0.2, 0.25) is 0 Å². The van der Waals surface area contributed by atoms with Crippen molar-refractivity contribution in [2.24, 2.45) is 0 Å². The van der Waals surface area contributed by atoms with Crippen molar-refractivity contribution in [1.29, 1.82) is 0 Å². The highest BCUT2D eigenvalue weighted by Gasteiger charge is 2.14. The number of nitrogen functional groups attached to an aromatic ring is 1. The van der Waals surface area contributed by atoms with Gasteiger partial charge < -0.3 is 10.2 Å². The number of aryl methyl sites for hydroxylation is 1. The zero-order valence-corrected chi connectivity index (χ0v) is 11.0. The van der Waals surface area contributed by atoms with Crippen molar-refractivity contribution in [2.75, 3.05) is 5.73 Å². The van der Waals surface area contributed by atoms with Crippen LogP contribution in [-0.4, -0.2) is 5.78 Å². The molecule has 0 spiro atoms. The summed E-state index contributed by atoms with van der Waals surface area (Å²) in [5.74, 6) is 1.01. The lowest BCUT2D eigenvalue weighted by Gasteiger charge is -2.01. The van der Waals surface area contributed by atoms with Crippen molar-refractivity contribution < 1.29 is 9.21 Å².